The van der Waals surface area contributed by atoms with Crippen LogP contribution in [-0.2, 0) is 23.6 Å². The Kier molecular flexibility index (Phi) is 15.1. The highest BCUT2D eigenvalue weighted by atomic mass is 32.1. The van der Waals surface area contributed by atoms with Crippen molar-refractivity contribution in [1.82, 2.24) is 29.9 Å². The number of aliphatic hydroxyl groups is 4. The van der Waals surface area contributed by atoms with Gasteiger partial charge < -0.3 is 41.3 Å². The number of nitrogens with zero attached hydrogens (tertiary/aromatic N) is 6. The van der Waals surface area contributed by atoms with Crippen LogP contribution in [0.15, 0.2) is 122 Å². The Morgan fingerprint density at radius 3 is 1.22 bits per heavy atom. The van der Waals surface area contributed by atoms with Crippen molar-refractivity contribution in [2.75, 3.05) is 23.8 Å². The second-order valence-corrected chi connectivity index (χ2v) is 17.9. The summed E-state index contributed by atoms with van der Waals surface area (Å²) < 4.78 is 77.8. The lowest BCUT2D eigenvalue weighted by Gasteiger charge is -2.24. The van der Waals surface area contributed by atoms with E-state index in [2.05, 4.69) is 40.5 Å². The number of hydrogen-bond donors (Lipinski definition) is 8. The van der Waals surface area contributed by atoms with Gasteiger partial charge in [-0.15, -0.1) is 22.7 Å². The van der Waals surface area contributed by atoms with Gasteiger partial charge >= 0.3 is 24.3 Å². The first-order valence-corrected chi connectivity index (χ1v) is 22.5. The highest BCUT2D eigenvalue weighted by Crippen LogP contribution is 2.40. The molecule has 72 heavy (non-hydrogen) atoms. The van der Waals surface area contributed by atoms with Crippen molar-refractivity contribution in [3.63, 3.8) is 0 Å². The highest BCUT2D eigenvalue weighted by molar-refractivity contribution is 7.15. The number of thiazole rings is 2. The van der Waals surface area contributed by atoms with Gasteiger partial charge in [0.1, 0.15) is 21.4 Å². The molecule has 8 aromatic rings. The molecule has 4 heterocycles. The largest absolute Gasteiger partial charge is 0.478 e. The lowest BCUT2D eigenvalue weighted by atomic mass is 9.94. The standard InChI is InChI=1S/2C24H19F3N4O4S/c2*1-13-8-15(10-17(9-13)30-22-28-7-6-19(31-22)24(25,26)27)18-11-29-21(36-18)23(35,12-32)16-4-2-14(3-5-16)20(33)34/h2*2-11,32,35H,12H2,1H3,(H,33,34)(H,28,30,31)/t2*23-/m10/s1. The van der Waals surface area contributed by atoms with E-state index < -0.39 is 60.1 Å². The summed E-state index contributed by atoms with van der Waals surface area (Å²) in [6.07, 6.45) is -4.16. The number of hydrogen-bond acceptors (Lipinski definition) is 16. The predicted octanol–water partition coefficient (Wildman–Crippen LogP) is 9.19. The quantitative estimate of drug-likeness (QED) is 0.0472. The summed E-state index contributed by atoms with van der Waals surface area (Å²) in [5.74, 6) is -2.67. The van der Waals surface area contributed by atoms with Gasteiger partial charge in [-0.05, 0) is 108 Å². The maximum absolute atomic E-state index is 13.0. The van der Waals surface area contributed by atoms with Crippen LogP contribution in [0.3, 0.4) is 0 Å². The Bertz CT molecular complexity index is 3030. The number of carboxylic acid groups (broad SMARTS) is 2. The minimum absolute atomic E-state index is 0.0309. The fraction of sp³-hybridized carbons (Fsp3) is 0.167. The zero-order chi connectivity index (χ0) is 52.2. The van der Waals surface area contributed by atoms with Crippen LogP contribution in [0.2, 0.25) is 0 Å². The van der Waals surface area contributed by atoms with Gasteiger partial charge in [-0.3, -0.25) is 0 Å². The van der Waals surface area contributed by atoms with Gasteiger partial charge in [-0.25, -0.2) is 39.5 Å². The van der Waals surface area contributed by atoms with E-state index in [1.807, 2.05) is 12.1 Å². The van der Waals surface area contributed by atoms with Crippen molar-refractivity contribution in [2.24, 2.45) is 0 Å². The number of benzene rings is 4. The highest BCUT2D eigenvalue weighted by Gasteiger charge is 2.37. The zero-order valence-corrected chi connectivity index (χ0v) is 38.9. The normalized spacial score (nSPS) is 13.3. The molecule has 372 valence electrons. The number of carboxylic acids is 2. The molecule has 0 radical (unpaired) electrons. The van der Waals surface area contributed by atoms with E-state index in [0.29, 0.717) is 32.3 Å². The van der Waals surface area contributed by atoms with Crippen molar-refractivity contribution in [1.29, 1.82) is 0 Å². The average molecular weight is 1030 g/mol. The summed E-state index contributed by atoms with van der Waals surface area (Å²) in [5, 5.41) is 66.4. The van der Waals surface area contributed by atoms with Crippen molar-refractivity contribution in [3.05, 3.63) is 177 Å². The van der Waals surface area contributed by atoms with E-state index in [0.717, 1.165) is 58.3 Å². The second-order valence-electron chi connectivity index (χ2n) is 15.8. The van der Waals surface area contributed by atoms with E-state index in [9.17, 15) is 56.4 Å². The molecule has 0 aliphatic rings. The van der Waals surface area contributed by atoms with Crippen LogP contribution in [0.4, 0.5) is 49.6 Å². The molecular formula is C48H38F6N8O8S2. The van der Waals surface area contributed by atoms with Gasteiger partial charge in [-0.1, -0.05) is 36.4 Å². The van der Waals surface area contributed by atoms with Crippen LogP contribution in [0.25, 0.3) is 20.9 Å². The Balaban J connectivity index is 0.000000211. The average Bonchev–Trinajstić information content (AvgIpc) is 4.06. The smallest absolute Gasteiger partial charge is 0.433 e. The minimum atomic E-state index is -4.60. The number of anilines is 4. The van der Waals surface area contributed by atoms with Crippen LogP contribution in [0.1, 0.15) is 64.4 Å². The summed E-state index contributed by atoms with van der Waals surface area (Å²) in [4.78, 5) is 46.7. The number of alkyl halides is 6. The van der Waals surface area contributed by atoms with E-state index in [1.165, 1.54) is 60.9 Å². The molecule has 0 amide bonds. The molecule has 0 aliphatic carbocycles. The van der Waals surface area contributed by atoms with Crippen LogP contribution in [-0.4, -0.2) is 85.7 Å². The van der Waals surface area contributed by atoms with E-state index in [-0.39, 0.29) is 44.2 Å². The molecule has 0 fully saturated rings. The molecule has 2 atom stereocenters. The fourth-order valence-electron chi connectivity index (χ4n) is 6.95. The van der Waals surface area contributed by atoms with Crippen LogP contribution in [0.5, 0.6) is 0 Å². The Hall–Kier alpha value is -7.74. The van der Waals surface area contributed by atoms with Crippen LogP contribution >= 0.6 is 22.7 Å². The molecule has 4 aromatic heterocycles. The third-order valence-corrected chi connectivity index (χ3v) is 12.9. The molecule has 0 bridgehead atoms. The summed E-state index contributed by atoms with van der Waals surface area (Å²) in [5.41, 5.74) is -1.48. The van der Waals surface area contributed by atoms with Crippen molar-refractivity contribution in [3.8, 4) is 20.9 Å². The first-order chi connectivity index (χ1) is 34.0. The predicted molar refractivity (Wildman–Crippen MR) is 252 cm³/mol. The monoisotopic (exact) mass is 1030 g/mol. The second kappa shape index (κ2) is 20.9. The summed E-state index contributed by atoms with van der Waals surface area (Å²) >= 11 is 2.21. The van der Waals surface area contributed by atoms with E-state index >= 15 is 0 Å². The molecule has 0 saturated heterocycles. The minimum Gasteiger partial charge on any atom is -0.478 e. The summed E-state index contributed by atoms with van der Waals surface area (Å²) in [6.45, 7) is 2.22. The maximum atomic E-state index is 13.0. The number of aromatic nitrogens is 6. The van der Waals surface area contributed by atoms with Gasteiger partial charge in [0, 0.05) is 36.2 Å². The molecule has 0 unspecified atom stereocenters. The topological polar surface area (TPSA) is 257 Å². The molecule has 8 rings (SSSR count). The van der Waals surface area contributed by atoms with Crippen molar-refractivity contribution < 1.29 is 66.6 Å². The Morgan fingerprint density at radius 2 is 0.903 bits per heavy atom. The Morgan fingerprint density at radius 1 is 0.542 bits per heavy atom. The number of aliphatic hydroxyl groups excluding tert-OH is 2. The number of halogens is 6. The van der Waals surface area contributed by atoms with Gasteiger partial charge in [0.25, 0.3) is 0 Å². The third kappa shape index (κ3) is 11.9. The lowest BCUT2D eigenvalue weighted by molar-refractivity contribution is -0.141. The molecule has 8 N–H and O–H groups in total. The zero-order valence-electron chi connectivity index (χ0n) is 37.2. The molecule has 4 aromatic carbocycles. The molecular weight excluding hydrogens is 995 g/mol. The maximum Gasteiger partial charge on any atom is 0.433 e. The Labute approximate surface area is 411 Å². The molecule has 16 nitrogen and oxygen atoms in total. The SMILES string of the molecule is Cc1cc(Nc2nccc(C(F)(F)F)n2)cc(-c2cnc([C@@](O)(CO)c3ccc(C(=O)O)cc3)s2)c1.Cc1cc(Nc2nccc(C(F)(F)F)n2)cc(-c2cnc([C@](O)(CO)c3ccc(C(=O)O)cc3)s2)c1. The molecule has 24 heteroatoms. The molecule has 0 aliphatic heterocycles. The number of rotatable bonds is 14. The van der Waals surface area contributed by atoms with E-state index in [4.69, 9.17) is 10.2 Å². The molecule has 0 spiro atoms. The van der Waals surface area contributed by atoms with Gasteiger partial charge in [0.15, 0.2) is 11.2 Å². The summed E-state index contributed by atoms with van der Waals surface area (Å²) in [7, 11) is 0. The summed E-state index contributed by atoms with van der Waals surface area (Å²) in [6, 6.07) is 22.9. The van der Waals surface area contributed by atoms with Crippen molar-refractivity contribution >= 4 is 57.9 Å². The van der Waals surface area contributed by atoms with Crippen LogP contribution < -0.4 is 10.6 Å². The van der Waals surface area contributed by atoms with E-state index in [1.54, 1.807) is 38.1 Å². The van der Waals surface area contributed by atoms with Gasteiger partial charge in [0.05, 0.1) is 34.1 Å². The first kappa shape index (κ1) is 52.1. The van der Waals surface area contributed by atoms with Gasteiger partial charge in [0.2, 0.25) is 11.9 Å². The first-order valence-electron chi connectivity index (χ1n) is 20.8. The number of nitrogens with one attached hydrogen (secondary N) is 2. The van der Waals surface area contributed by atoms with Crippen molar-refractivity contribution in [2.45, 2.75) is 37.4 Å². The number of carbonyl (C=O) groups is 2. The third-order valence-electron chi connectivity index (χ3n) is 10.5. The number of aromatic carboxylic acids is 2. The van der Waals surface area contributed by atoms with Gasteiger partial charge in [-0.2, -0.15) is 26.3 Å². The van der Waals surface area contributed by atoms with Crippen LogP contribution in [0, 0.1) is 13.8 Å². The molecule has 0 saturated carbocycles. The number of aryl methyl sites for hydroxylation is 2. The lowest BCUT2D eigenvalue weighted by Crippen LogP contribution is -2.31. The fourth-order valence-corrected chi connectivity index (χ4v) is 8.96.